The fraction of sp³-hybridized carbons (Fsp3) is 0.174. The molecule has 0 fully saturated rings. The number of tetrazole rings is 1. The van der Waals surface area contributed by atoms with Crippen LogP contribution in [0.5, 0.6) is 0 Å². The van der Waals surface area contributed by atoms with Crippen molar-refractivity contribution in [1.29, 1.82) is 5.26 Å². The van der Waals surface area contributed by atoms with Crippen molar-refractivity contribution in [2.75, 3.05) is 12.4 Å². The molecule has 2 amide bonds. The van der Waals surface area contributed by atoms with E-state index in [4.69, 9.17) is 0 Å². The average Bonchev–Trinajstić information content (AvgIpc) is 3.52. The van der Waals surface area contributed by atoms with E-state index in [2.05, 4.69) is 47.1 Å². The molecule has 0 saturated carbocycles. The number of nitrogens with zero attached hydrogens (tertiary/aromatic N) is 7. The van der Waals surface area contributed by atoms with Gasteiger partial charge in [0.15, 0.2) is 0 Å². The fourth-order valence-electron chi connectivity index (χ4n) is 3.55. The van der Waals surface area contributed by atoms with E-state index < -0.39 is 23.8 Å². The monoisotopic (exact) mass is 587 g/mol. The summed E-state index contributed by atoms with van der Waals surface area (Å²) in [4.78, 5) is 26.7. The topological polar surface area (TPSA) is 143 Å². The number of hydrogen-bond donors (Lipinski definition) is 2. The summed E-state index contributed by atoms with van der Waals surface area (Å²) in [5.41, 5.74) is 1.61. The fourth-order valence-corrected chi connectivity index (χ4v) is 4.01. The number of carbonyl (C=O) groups is 2. The molecule has 0 bridgehead atoms. The zero-order valence-corrected chi connectivity index (χ0v) is 21.3. The van der Waals surface area contributed by atoms with Gasteiger partial charge in [-0.1, -0.05) is 12.1 Å². The summed E-state index contributed by atoms with van der Waals surface area (Å²) in [6.45, 7) is 1.33. The van der Waals surface area contributed by atoms with Crippen molar-refractivity contribution >= 4 is 33.4 Å². The molecule has 2 N–H and O–H groups in total. The van der Waals surface area contributed by atoms with Crippen LogP contribution in [-0.2, 0) is 12.7 Å². The molecule has 0 radical (unpaired) electrons. The highest BCUT2D eigenvalue weighted by Gasteiger charge is 2.37. The first-order chi connectivity index (χ1) is 18.0. The minimum Gasteiger partial charge on any atom is -0.355 e. The van der Waals surface area contributed by atoms with Gasteiger partial charge in [0.2, 0.25) is 0 Å². The lowest BCUT2D eigenvalue weighted by Gasteiger charge is -2.15. The maximum absolute atomic E-state index is 13.5. The zero-order chi connectivity index (χ0) is 27.6. The largest absolute Gasteiger partial charge is 0.455 e. The minimum atomic E-state index is -4.76. The molecule has 0 saturated heterocycles. The van der Waals surface area contributed by atoms with Gasteiger partial charge in [-0.3, -0.25) is 9.59 Å². The molecular weight excluding hydrogens is 571 g/mol. The molecule has 2 aromatic heterocycles. The van der Waals surface area contributed by atoms with Gasteiger partial charge in [-0.25, -0.2) is 4.68 Å². The van der Waals surface area contributed by atoms with Gasteiger partial charge in [0.25, 0.3) is 17.6 Å². The van der Waals surface area contributed by atoms with Crippen LogP contribution in [0.3, 0.4) is 0 Å². The number of aromatic nitrogens is 6. The molecule has 0 unspecified atom stereocenters. The summed E-state index contributed by atoms with van der Waals surface area (Å²) in [7, 11) is 1.42. The Morgan fingerprint density at radius 3 is 2.50 bits per heavy atom. The standard InChI is InChI=1S/C23H17BrF3N9O2/c1-12-7-13(10-28)8-15(20(37)29-2)19(12)30-21(38)18-9-14(11-35-33-22(31-34-35)23(25,26)27)32-36(18)17-6-4-3-5-16(17)24/h3-9H,11H2,1-2H3,(H,29,37)(H,30,38). The van der Waals surface area contributed by atoms with E-state index >= 15 is 0 Å². The predicted molar refractivity (Wildman–Crippen MR) is 130 cm³/mol. The Kier molecular flexibility index (Phi) is 7.26. The number of hydrogen-bond acceptors (Lipinski definition) is 7. The maximum Gasteiger partial charge on any atom is 0.455 e. The van der Waals surface area contributed by atoms with Gasteiger partial charge in [-0.05, 0) is 64.0 Å². The number of nitriles is 1. The molecule has 194 valence electrons. The van der Waals surface area contributed by atoms with E-state index in [-0.39, 0.29) is 34.7 Å². The molecule has 11 nitrogen and oxygen atoms in total. The van der Waals surface area contributed by atoms with Crippen LogP contribution in [0.1, 0.15) is 43.5 Å². The lowest BCUT2D eigenvalue weighted by Crippen LogP contribution is -2.23. The van der Waals surface area contributed by atoms with Gasteiger partial charge in [0, 0.05) is 11.5 Å². The molecule has 4 aromatic rings. The molecule has 2 aromatic carbocycles. The number of amides is 2. The van der Waals surface area contributed by atoms with Crippen molar-refractivity contribution in [3.8, 4) is 11.8 Å². The number of nitrogens with one attached hydrogen (secondary N) is 2. The Labute approximate surface area is 221 Å². The quantitative estimate of drug-likeness (QED) is 0.351. The SMILES string of the molecule is CNC(=O)c1cc(C#N)cc(C)c1NC(=O)c1cc(Cn2nnc(C(F)(F)F)n2)nn1-c1ccccc1Br. The first-order valence-corrected chi connectivity index (χ1v) is 11.6. The van der Waals surface area contributed by atoms with Crippen molar-refractivity contribution in [3.05, 3.63) is 80.8 Å². The van der Waals surface area contributed by atoms with Crippen LogP contribution in [0, 0.1) is 18.3 Å². The normalized spacial score (nSPS) is 11.2. The summed E-state index contributed by atoms with van der Waals surface area (Å²) in [6, 6.07) is 13.1. The number of para-hydroxylation sites is 1. The van der Waals surface area contributed by atoms with Crippen molar-refractivity contribution < 1.29 is 22.8 Å². The zero-order valence-electron chi connectivity index (χ0n) is 19.7. The smallest absolute Gasteiger partial charge is 0.355 e. The number of carbonyl (C=O) groups excluding carboxylic acids is 2. The van der Waals surface area contributed by atoms with E-state index in [0.29, 0.717) is 20.5 Å². The van der Waals surface area contributed by atoms with Crippen LogP contribution in [-0.4, -0.2) is 48.8 Å². The minimum absolute atomic E-state index is 0.00896. The molecule has 0 aliphatic rings. The molecule has 0 aliphatic carbocycles. The van der Waals surface area contributed by atoms with E-state index in [1.54, 1.807) is 31.2 Å². The molecule has 0 aliphatic heterocycles. The average molecular weight is 588 g/mol. The first-order valence-electron chi connectivity index (χ1n) is 10.8. The second kappa shape index (κ2) is 10.4. The Hall–Kier alpha value is -4.58. The third-order valence-corrected chi connectivity index (χ3v) is 5.93. The maximum atomic E-state index is 13.5. The van der Waals surface area contributed by atoms with Gasteiger partial charge in [0.05, 0.1) is 34.3 Å². The van der Waals surface area contributed by atoms with Gasteiger partial charge in [-0.2, -0.15) is 28.3 Å². The summed E-state index contributed by atoms with van der Waals surface area (Å²) in [5, 5.41) is 28.6. The van der Waals surface area contributed by atoms with Crippen LogP contribution in [0.15, 0.2) is 46.9 Å². The van der Waals surface area contributed by atoms with Gasteiger partial charge < -0.3 is 10.6 Å². The van der Waals surface area contributed by atoms with Crippen LogP contribution < -0.4 is 10.6 Å². The lowest BCUT2D eigenvalue weighted by molar-refractivity contribution is -0.145. The first kappa shape index (κ1) is 26.5. The Bertz CT molecular complexity index is 1590. The van der Waals surface area contributed by atoms with Crippen molar-refractivity contribution in [1.82, 2.24) is 35.3 Å². The highest BCUT2D eigenvalue weighted by atomic mass is 79.9. The third-order valence-electron chi connectivity index (χ3n) is 5.26. The molecule has 0 spiro atoms. The second-order valence-electron chi connectivity index (χ2n) is 7.89. The summed E-state index contributed by atoms with van der Waals surface area (Å²) in [6.07, 6.45) is -4.76. The molecule has 2 heterocycles. The number of rotatable bonds is 6. The summed E-state index contributed by atoms with van der Waals surface area (Å²) >= 11 is 3.41. The van der Waals surface area contributed by atoms with Crippen LogP contribution in [0.4, 0.5) is 18.9 Å². The Balaban J connectivity index is 1.76. The van der Waals surface area contributed by atoms with E-state index in [9.17, 15) is 28.0 Å². The molecular formula is C23H17BrF3N9O2. The van der Waals surface area contributed by atoms with Crippen LogP contribution in [0.25, 0.3) is 5.69 Å². The van der Waals surface area contributed by atoms with Crippen LogP contribution in [0.2, 0.25) is 0 Å². The summed E-state index contributed by atoms with van der Waals surface area (Å²) in [5.74, 6) is -2.59. The molecule has 0 atom stereocenters. The number of alkyl halides is 3. The number of benzene rings is 2. The molecule has 4 rings (SSSR count). The van der Waals surface area contributed by atoms with Crippen molar-refractivity contribution in [2.24, 2.45) is 0 Å². The van der Waals surface area contributed by atoms with E-state index in [1.165, 1.54) is 29.9 Å². The Morgan fingerprint density at radius 2 is 1.87 bits per heavy atom. The van der Waals surface area contributed by atoms with Gasteiger partial charge in [0.1, 0.15) is 12.2 Å². The van der Waals surface area contributed by atoms with Crippen LogP contribution >= 0.6 is 15.9 Å². The second-order valence-corrected chi connectivity index (χ2v) is 8.74. The van der Waals surface area contributed by atoms with E-state index in [1.807, 2.05) is 6.07 Å². The number of anilines is 1. The third kappa shape index (κ3) is 5.39. The molecule has 15 heteroatoms. The molecule has 38 heavy (non-hydrogen) atoms. The predicted octanol–water partition coefficient (Wildman–Crippen LogP) is 3.48. The van der Waals surface area contributed by atoms with Crippen molar-refractivity contribution in [2.45, 2.75) is 19.6 Å². The van der Waals surface area contributed by atoms with E-state index in [0.717, 1.165) is 0 Å². The Morgan fingerprint density at radius 1 is 1.13 bits per heavy atom. The van der Waals surface area contributed by atoms with Gasteiger partial charge >= 0.3 is 6.18 Å². The lowest BCUT2D eigenvalue weighted by atomic mass is 10.0. The number of halogens is 4. The number of aryl methyl sites for hydroxylation is 1. The summed E-state index contributed by atoms with van der Waals surface area (Å²) < 4.78 is 40.5. The highest BCUT2D eigenvalue weighted by Crippen LogP contribution is 2.27. The van der Waals surface area contributed by atoms with Crippen molar-refractivity contribution in [3.63, 3.8) is 0 Å². The highest BCUT2D eigenvalue weighted by molar-refractivity contribution is 9.10. The van der Waals surface area contributed by atoms with Gasteiger partial charge in [-0.15, -0.1) is 10.2 Å².